The standard InChI is InChI=1S/C29H22FN2O.C14H16GeN.Ir/c1-29(2,3)18-11-14-20(15-12-18)32-25-10-5-4-9-24(25)31-28(32)22-8-6-7-21-23-17-19(30)13-16-26(23)33-27(21)22;1-15(2,3)13-9-10-14(16-11-13)12-7-5-4-6-8-12;/h4-7,9-17H,1-3H3;4-7,9-11H,1-3H3;/q2*-1;. The summed E-state index contributed by atoms with van der Waals surface area (Å²) < 4.78 is 23.7. The van der Waals surface area contributed by atoms with Crippen molar-refractivity contribution >= 4 is 50.6 Å². The molecule has 4 nitrogen and oxygen atoms in total. The zero-order chi connectivity index (χ0) is 34.3. The van der Waals surface area contributed by atoms with Gasteiger partial charge in [0, 0.05) is 31.2 Å². The third kappa shape index (κ3) is 7.11. The van der Waals surface area contributed by atoms with Crippen LogP contribution in [0.4, 0.5) is 4.39 Å². The molecule has 0 spiro atoms. The molecule has 253 valence electrons. The number of fused-ring (bicyclic) bond motifs is 4. The first-order chi connectivity index (χ1) is 23.5. The minimum Gasteiger partial charge on any atom is 0 e. The van der Waals surface area contributed by atoms with Crippen molar-refractivity contribution in [2.45, 2.75) is 43.5 Å². The number of hydrogen-bond donors (Lipinski definition) is 0. The molecule has 50 heavy (non-hydrogen) atoms. The van der Waals surface area contributed by atoms with Crippen molar-refractivity contribution in [2.75, 3.05) is 0 Å². The van der Waals surface area contributed by atoms with Gasteiger partial charge in [-0.2, -0.15) is 0 Å². The Bertz CT molecular complexity index is 2400. The molecule has 7 heteroatoms. The zero-order valence-electron chi connectivity index (χ0n) is 29.0. The van der Waals surface area contributed by atoms with Crippen molar-refractivity contribution < 1.29 is 28.9 Å². The summed E-state index contributed by atoms with van der Waals surface area (Å²) in [5.41, 5.74) is 8.37. The van der Waals surface area contributed by atoms with E-state index in [4.69, 9.17) is 9.40 Å². The Kier molecular flexibility index (Phi) is 10.0. The maximum absolute atomic E-state index is 13.9. The molecule has 0 unspecified atom stereocenters. The Balaban J connectivity index is 0.000000215. The Hall–Kier alpha value is -4.36. The van der Waals surface area contributed by atoms with Crippen LogP contribution in [0.5, 0.6) is 0 Å². The van der Waals surface area contributed by atoms with E-state index in [0.29, 0.717) is 11.2 Å². The zero-order valence-corrected chi connectivity index (χ0v) is 33.5. The summed E-state index contributed by atoms with van der Waals surface area (Å²) in [5, 5.41) is 1.59. The van der Waals surface area contributed by atoms with Crippen LogP contribution in [0, 0.1) is 17.9 Å². The van der Waals surface area contributed by atoms with Crippen molar-refractivity contribution in [1.82, 2.24) is 14.5 Å². The van der Waals surface area contributed by atoms with Gasteiger partial charge in [0.05, 0.1) is 22.4 Å². The van der Waals surface area contributed by atoms with E-state index < -0.39 is 13.3 Å². The molecule has 8 rings (SSSR count). The van der Waals surface area contributed by atoms with E-state index in [1.54, 1.807) is 6.07 Å². The summed E-state index contributed by atoms with van der Waals surface area (Å²) in [6.07, 6.45) is 2.04. The fraction of sp³-hybridized carbons (Fsp3) is 0.163. The molecule has 0 aliphatic rings. The van der Waals surface area contributed by atoms with Crippen molar-refractivity contribution in [3.05, 3.63) is 145 Å². The van der Waals surface area contributed by atoms with Gasteiger partial charge in [0.1, 0.15) is 11.4 Å². The number of nitrogens with zero attached hydrogens (tertiary/aromatic N) is 3. The number of benzene rings is 5. The number of aromatic nitrogens is 3. The second-order valence-electron chi connectivity index (χ2n) is 14.4. The van der Waals surface area contributed by atoms with Gasteiger partial charge in [-0.05, 0) is 53.4 Å². The molecule has 8 aromatic rings. The molecule has 3 heterocycles. The van der Waals surface area contributed by atoms with Crippen LogP contribution in [0.2, 0.25) is 17.3 Å². The molecule has 0 atom stereocenters. The van der Waals surface area contributed by atoms with Gasteiger partial charge >= 0.3 is 99.8 Å². The number of hydrogen-bond acceptors (Lipinski definition) is 3. The van der Waals surface area contributed by atoms with Crippen LogP contribution in [0.15, 0.2) is 126 Å². The number of para-hydroxylation sites is 2. The van der Waals surface area contributed by atoms with Crippen molar-refractivity contribution in [2.24, 2.45) is 0 Å². The molecule has 0 amide bonds. The van der Waals surface area contributed by atoms with Crippen molar-refractivity contribution in [1.29, 1.82) is 0 Å². The molecule has 0 saturated heterocycles. The average molecular weight is 897 g/mol. The van der Waals surface area contributed by atoms with E-state index in [9.17, 15) is 4.39 Å². The Labute approximate surface area is 309 Å². The largest absolute Gasteiger partial charge is 0 e. The first-order valence-electron chi connectivity index (χ1n) is 16.5. The molecule has 0 fully saturated rings. The molecule has 1 radical (unpaired) electrons. The van der Waals surface area contributed by atoms with Gasteiger partial charge < -0.3 is 8.98 Å². The number of imidazole rings is 1. The minimum atomic E-state index is -1.72. The van der Waals surface area contributed by atoms with E-state index in [0.717, 1.165) is 50.1 Å². The van der Waals surface area contributed by atoms with Gasteiger partial charge in [0.2, 0.25) is 0 Å². The van der Waals surface area contributed by atoms with E-state index in [2.05, 4.69) is 102 Å². The van der Waals surface area contributed by atoms with Crippen LogP contribution >= 0.6 is 0 Å². The minimum absolute atomic E-state index is 0. The Morgan fingerprint density at radius 1 is 0.780 bits per heavy atom. The van der Waals surface area contributed by atoms with Crippen molar-refractivity contribution in [3.8, 4) is 28.3 Å². The van der Waals surface area contributed by atoms with Crippen LogP contribution in [0.3, 0.4) is 0 Å². The fourth-order valence-electron chi connectivity index (χ4n) is 6.00. The molecule has 0 N–H and O–H groups in total. The number of pyridine rings is 1. The summed E-state index contributed by atoms with van der Waals surface area (Å²) in [6.45, 7) is 6.63. The smallest absolute Gasteiger partial charge is 0 e. The second kappa shape index (κ2) is 14.1. The Morgan fingerprint density at radius 2 is 1.54 bits per heavy atom. The van der Waals surface area contributed by atoms with Crippen LogP contribution in [0.25, 0.3) is 61.3 Å². The summed E-state index contributed by atoms with van der Waals surface area (Å²) in [7, 11) is 0. The van der Waals surface area contributed by atoms with Gasteiger partial charge in [-0.25, -0.2) is 4.39 Å². The number of furan rings is 1. The number of halogens is 1. The van der Waals surface area contributed by atoms with Gasteiger partial charge in [-0.1, -0.05) is 56.0 Å². The topological polar surface area (TPSA) is 43.9 Å². The third-order valence-corrected chi connectivity index (χ3v) is 13.0. The van der Waals surface area contributed by atoms with Crippen LogP contribution in [0.1, 0.15) is 26.3 Å². The van der Waals surface area contributed by atoms with Crippen LogP contribution in [-0.4, -0.2) is 27.8 Å². The predicted octanol–water partition coefficient (Wildman–Crippen LogP) is 10.9. The summed E-state index contributed by atoms with van der Waals surface area (Å²) in [6, 6.07) is 43.9. The third-order valence-electron chi connectivity index (χ3n) is 8.78. The van der Waals surface area contributed by atoms with Gasteiger partial charge in [-0.15, -0.1) is 18.2 Å². The van der Waals surface area contributed by atoms with E-state index in [1.807, 2.05) is 60.8 Å². The normalized spacial score (nSPS) is 11.7. The molecule has 3 aromatic heterocycles. The van der Waals surface area contributed by atoms with Crippen molar-refractivity contribution in [3.63, 3.8) is 0 Å². The quantitative estimate of drug-likeness (QED) is 0.131. The van der Waals surface area contributed by atoms with E-state index in [1.165, 1.54) is 22.1 Å². The summed E-state index contributed by atoms with van der Waals surface area (Å²) in [4.78, 5) is 9.50. The van der Waals surface area contributed by atoms with Crippen LogP contribution in [-0.2, 0) is 25.5 Å². The molecule has 0 saturated carbocycles. The summed E-state index contributed by atoms with van der Waals surface area (Å²) >= 11 is -1.72. The maximum atomic E-state index is 13.9. The van der Waals surface area contributed by atoms with Crippen LogP contribution < -0.4 is 4.40 Å². The summed E-state index contributed by atoms with van der Waals surface area (Å²) in [5.74, 6) is 7.60. The van der Waals surface area contributed by atoms with Gasteiger partial charge in [0.25, 0.3) is 0 Å². The molecular weight excluding hydrogens is 858 g/mol. The molecule has 5 aromatic carbocycles. The van der Waals surface area contributed by atoms with E-state index in [-0.39, 0.29) is 31.3 Å². The fourth-order valence-corrected chi connectivity index (χ4v) is 8.17. The monoisotopic (exact) mass is 898 g/mol. The molecule has 0 aliphatic heterocycles. The SMILES string of the molecule is CC(C)(C)c1ccc(-n2c(-c3[c-]ccc4c3oc3ccc(F)cc34)nc3ccccc32)cc1.[CH3][Ge]([CH3])([CH3])[c]1ccc(-c2[c-]cccc2)nc1.[Ir]. The first-order valence-corrected chi connectivity index (χ1v) is 23.9. The molecule has 0 bridgehead atoms. The second-order valence-corrected chi connectivity index (χ2v) is 25.0. The molecular formula is C43H38FGeIrN3O-2. The van der Waals surface area contributed by atoms with E-state index >= 15 is 0 Å². The number of rotatable bonds is 4. The molecule has 0 aliphatic carbocycles. The van der Waals surface area contributed by atoms with Gasteiger partial charge in [-0.3, -0.25) is 4.98 Å². The predicted molar refractivity (Wildman–Crippen MR) is 203 cm³/mol. The Morgan fingerprint density at radius 3 is 2.22 bits per heavy atom. The van der Waals surface area contributed by atoms with Gasteiger partial charge in [0.15, 0.2) is 0 Å². The average Bonchev–Trinajstić information content (AvgIpc) is 3.67. The first kappa shape index (κ1) is 35.5. The maximum Gasteiger partial charge on any atom is 0 e.